The van der Waals surface area contributed by atoms with Crippen molar-refractivity contribution in [2.24, 2.45) is 5.92 Å². The van der Waals surface area contributed by atoms with Crippen LogP contribution in [-0.4, -0.2) is 19.3 Å². The second-order valence-electron chi connectivity index (χ2n) is 3.34. The fourth-order valence-corrected chi connectivity index (χ4v) is 1.56. The van der Waals surface area contributed by atoms with E-state index >= 15 is 0 Å². The van der Waals surface area contributed by atoms with E-state index in [9.17, 15) is 0 Å². The fourth-order valence-electron chi connectivity index (χ4n) is 1.56. The molecule has 1 saturated heterocycles. The Hall–Kier alpha value is -0.500. The molecule has 2 atom stereocenters. The summed E-state index contributed by atoms with van der Waals surface area (Å²) in [5, 5.41) is 0. The Balaban J connectivity index is 2.31. The van der Waals surface area contributed by atoms with Crippen molar-refractivity contribution < 1.29 is 9.47 Å². The molecule has 0 saturated carbocycles. The van der Waals surface area contributed by atoms with Crippen LogP contribution in [0.15, 0.2) is 12.8 Å². The van der Waals surface area contributed by atoms with Gasteiger partial charge in [0.2, 0.25) is 0 Å². The van der Waals surface area contributed by atoms with E-state index in [1.807, 2.05) is 0 Å². The van der Waals surface area contributed by atoms with Crippen LogP contribution in [-0.2, 0) is 9.47 Å². The summed E-state index contributed by atoms with van der Waals surface area (Å²) in [5.41, 5.74) is 0. The third kappa shape index (κ3) is 2.86. The summed E-state index contributed by atoms with van der Waals surface area (Å²) < 4.78 is 10.8. The molecule has 1 rings (SSSR count). The molecular formula is C10H18O2. The standard InChI is InChI=1S/C10H18O2/c1-3-12-9(2)10-6-4-5-7-11-8-10/h3,9-10H,1,4-8H2,2H3. The van der Waals surface area contributed by atoms with E-state index < -0.39 is 0 Å². The Labute approximate surface area is 74.6 Å². The van der Waals surface area contributed by atoms with Gasteiger partial charge in [-0.15, -0.1) is 0 Å². The highest BCUT2D eigenvalue weighted by atomic mass is 16.5. The zero-order valence-corrected chi connectivity index (χ0v) is 7.79. The van der Waals surface area contributed by atoms with Crippen LogP contribution < -0.4 is 0 Å². The minimum Gasteiger partial charge on any atom is -0.499 e. The number of hydrogen-bond donors (Lipinski definition) is 0. The van der Waals surface area contributed by atoms with Gasteiger partial charge < -0.3 is 9.47 Å². The normalized spacial score (nSPS) is 27.2. The van der Waals surface area contributed by atoms with Gasteiger partial charge in [-0.1, -0.05) is 13.0 Å². The van der Waals surface area contributed by atoms with Crippen LogP contribution in [0.2, 0.25) is 0 Å². The molecule has 70 valence electrons. The number of ether oxygens (including phenoxy) is 2. The van der Waals surface area contributed by atoms with Gasteiger partial charge in [-0.25, -0.2) is 0 Å². The van der Waals surface area contributed by atoms with Gasteiger partial charge in [-0.05, 0) is 19.8 Å². The molecule has 0 aromatic heterocycles. The highest BCUT2D eigenvalue weighted by molar-refractivity contribution is 4.70. The predicted molar refractivity (Wildman–Crippen MR) is 48.9 cm³/mol. The summed E-state index contributed by atoms with van der Waals surface area (Å²) in [5.74, 6) is 0.547. The van der Waals surface area contributed by atoms with Crippen molar-refractivity contribution in [1.29, 1.82) is 0 Å². The van der Waals surface area contributed by atoms with E-state index in [2.05, 4.69) is 13.5 Å². The van der Waals surface area contributed by atoms with Gasteiger partial charge in [0.05, 0.1) is 19.0 Å². The number of hydrogen-bond acceptors (Lipinski definition) is 2. The largest absolute Gasteiger partial charge is 0.499 e. The van der Waals surface area contributed by atoms with E-state index in [0.717, 1.165) is 13.2 Å². The Kier molecular flexibility index (Phi) is 4.15. The molecule has 1 aliphatic rings. The van der Waals surface area contributed by atoms with Crippen molar-refractivity contribution in [3.63, 3.8) is 0 Å². The van der Waals surface area contributed by atoms with Crippen LogP contribution in [0.4, 0.5) is 0 Å². The Bertz CT molecular complexity index is 126. The molecule has 0 bridgehead atoms. The summed E-state index contributed by atoms with van der Waals surface area (Å²) in [6, 6.07) is 0. The van der Waals surface area contributed by atoms with E-state index in [-0.39, 0.29) is 6.10 Å². The Morgan fingerprint density at radius 1 is 1.58 bits per heavy atom. The summed E-state index contributed by atoms with van der Waals surface area (Å²) in [6.45, 7) is 7.40. The second-order valence-corrected chi connectivity index (χ2v) is 3.34. The van der Waals surface area contributed by atoms with Gasteiger partial charge in [-0.3, -0.25) is 0 Å². The first-order valence-corrected chi connectivity index (χ1v) is 4.68. The molecule has 0 aromatic carbocycles. The molecular weight excluding hydrogens is 152 g/mol. The Morgan fingerprint density at radius 2 is 2.42 bits per heavy atom. The minimum atomic E-state index is 0.251. The summed E-state index contributed by atoms with van der Waals surface area (Å²) >= 11 is 0. The molecule has 2 heteroatoms. The van der Waals surface area contributed by atoms with Crippen LogP contribution >= 0.6 is 0 Å². The highest BCUT2D eigenvalue weighted by Crippen LogP contribution is 2.19. The average Bonchev–Trinajstić information content (AvgIpc) is 2.32. The van der Waals surface area contributed by atoms with Crippen LogP contribution in [0.3, 0.4) is 0 Å². The van der Waals surface area contributed by atoms with Gasteiger partial charge in [0.1, 0.15) is 0 Å². The van der Waals surface area contributed by atoms with Gasteiger partial charge in [0.15, 0.2) is 0 Å². The SMILES string of the molecule is C=COC(C)C1CCCCOC1. The average molecular weight is 170 g/mol. The quantitative estimate of drug-likeness (QED) is 0.605. The molecule has 2 nitrogen and oxygen atoms in total. The van der Waals surface area contributed by atoms with Crippen molar-refractivity contribution >= 4 is 0 Å². The zero-order chi connectivity index (χ0) is 8.81. The van der Waals surface area contributed by atoms with Gasteiger partial charge >= 0.3 is 0 Å². The van der Waals surface area contributed by atoms with Gasteiger partial charge in [0, 0.05) is 12.5 Å². The van der Waals surface area contributed by atoms with Crippen molar-refractivity contribution in [2.75, 3.05) is 13.2 Å². The van der Waals surface area contributed by atoms with E-state index in [4.69, 9.17) is 9.47 Å². The first kappa shape index (κ1) is 9.59. The van der Waals surface area contributed by atoms with Crippen LogP contribution in [0, 0.1) is 5.92 Å². The van der Waals surface area contributed by atoms with Crippen LogP contribution in [0.5, 0.6) is 0 Å². The molecule has 0 spiro atoms. The van der Waals surface area contributed by atoms with E-state index in [1.165, 1.54) is 25.5 Å². The monoisotopic (exact) mass is 170 g/mol. The topological polar surface area (TPSA) is 18.5 Å². The van der Waals surface area contributed by atoms with Crippen molar-refractivity contribution in [3.05, 3.63) is 12.8 Å². The maximum absolute atomic E-state index is 5.46. The lowest BCUT2D eigenvalue weighted by Gasteiger charge is -2.20. The third-order valence-electron chi connectivity index (χ3n) is 2.42. The smallest absolute Gasteiger partial charge is 0.1000 e. The molecule has 12 heavy (non-hydrogen) atoms. The van der Waals surface area contributed by atoms with Gasteiger partial charge in [0.25, 0.3) is 0 Å². The van der Waals surface area contributed by atoms with E-state index in [1.54, 1.807) is 0 Å². The lowest BCUT2D eigenvalue weighted by Crippen LogP contribution is -2.22. The lowest BCUT2D eigenvalue weighted by atomic mass is 9.99. The summed E-state index contributed by atoms with van der Waals surface area (Å²) in [7, 11) is 0. The molecule has 0 N–H and O–H groups in total. The molecule has 1 fully saturated rings. The first-order valence-electron chi connectivity index (χ1n) is 4.68. The van der Waals surface area contributed by atoms with Crippen molar-refractivity contribution in [1.82, 2.24) is 0 Å². The zero-order valence-electron chi connectivity index (χ0n) is 7.79. The Morgan fingerprint density at radius 3 is 3.17 bits per heavy atom. The first-order chi connectivity index (χ1) is 5.84. The molecule has 0 aliphatic carbocycles. The number of rotatable bonds is 3. The van der Waals surface area contributed by atoms with E-state index in [0.29, 0.717) is 5.92 Å². The summed E-state index contributed by atoms with van der Waals surface area (Å²) in [6.07, 6.45) is 5.44. The highest BCUT2D eigenvalue weighted by Gasteiger charge is 2.19. The maximum Gasteiger partial charge on any atom is 0.1000 e. The third-order valence-corrected chi connectivity index (χ3v) is 2.42. The minimum absolute atomic E-state index is 0.251. The lowest BCUT2D eigenvalue weighted by molar-refractivity contribution is 0.0391. The molecule has 2 unspecified atom stereocenters. The molecule has 1 aliphatic heterocycles. The molecule has 0 radical (unpaired) electrons. The summed E-state index contributed by atoms with van der Waals surface area (Å²) in [4.78, 5) is 0. The second kappa shape index (κ2) is 5.20. The van der Waals surface area contributed by atoms with Crippen LogP contribution in [0.1, 0.15) is 26.2 Å². The maximum atomic E-state index is 5.46. The molecule has 1 heterocycles. The fraction of sp³-hybridized carbons (Fsp3) is 0.800. The van der Waals surface area contributed by atoms with Crippen LogP contribution in [0.25, 0.3) is 0 Å². The van der Waals surface area contributed by atoms with Gasteiger partial charge in [-0.2, -0.15) is 0 Å². The molecule has 0 aromatic rings. The van der Waals surface area contributed by atoms with Crippen molar-refractivity contribution in [3.8, 4) is 0 Å². The van der Waals surface area contributed by atoms with Crippen molar-refractivity contribution in [2.45, 2.75) is 32.3 Å². The molecule has 0 amide bonds. The predicted octanol–water partition coefficient (Wildman–Crippen LogP) is 2.35.